The minimum Gasteiger partial charge on any atom is -0.494 e. The zero-order valence-electron chi connectivity index (χ0n) is 10.5. The Balaban J connectivity index is 3.30. The zero-order chi connectivity index (χ0) is 16.4. The lowest BCUT2D eigenvalue weighted by Crippen LogP contribution is -2.34. The van der Waals surface area contributed by atoms with Crippen molar-refractivity contribution in [3.8, 4) is 5.75 Å². The molecule has 1 aromatic carbocycles. The summed E-state index contributed by atoms with van der Waals surface area (Å²) in [5.74, 6) is -1.68. The second-order valence-electron chi connectivity index (χ2n) is 3.83. The first-order valence-corrected chi connectivity index (χ1v) is 7.13. The maximum Gasteiger partial charge on any atom is 0.405 e. The van der Waals surface area contributed by atoms with E-state index in [0.29, 0.717) is 0 Å². The van der Waals surface area contributed by atoms with E-state index in [1.54, 1.807) is 5.32 Å². The molecule has 6 nitrogen and oxygen atoms in total. The molecule has 1 rings (SSSR count). The normalized spacial score (nSPS) is 12.1. The van der Waals surface area contributed by atoms with E-state index in [1.165, 1.54) is 0 Å². The summed E-state index contributed by atoms with van der Waals surface area (Å²) in [5.41, 5.74) is -0.474. The van der Waals surface area contributed by atoms with Gasteiger partial charge in [-0.05, 0) is 12.1 Å². The number of hydrogen-bond donors (Lipinski definition) is 2. The number of sulfonamides is 1. The fourth-order valence-electron chi connectivity index (χ4n) is 1.43. The van der Waals surface area contributed by atoms with Gasteiger partial charge in [0.05, 0.1) is 12.7 Å². The van der Waals surface area contributed by atoms with Gasteiger partial charge in [0, 0.05) is 5.02 Å². The highest BCUT2D eigenvalue weighted by molar-refractivity contribution is 7.89. The Morgan fingerprint density at radius 3 is 2.43 bits per heavy atom. The Morgan fingerprint density at radius 2 is 2.00 bits per heavy atom. The number of halogens is 4. The van der Waals surface area contributed by atoms with Crippen LogP contribution in [0.4, 0.5) is 13.2 Å². The molecular weight excluding hydrogens is 337 g/mol. The third kappa shape index (κ3) is 4.76. The van der Waals surface area contributed by atoms with E-state index in [1.807, 2.05) is 0 Å². The van der Waals surface area contributed by atoms with Gasteiger partial charge in [-0.1, -0.05) is 11.6 Å². The van der Waals surface area contributed by atoms with E-state index >= 15 is 0 Å². The van der Waals surface area contributed by atoms with Crippen molar-refractivity contribution in [3.05, 3.63) is 22.7 Å². The minimum atomic E-state index is -4.62. The van der Waals surface area contributed by atoms with E-state index in [2.05, 4.69) is 0 Å². The number of hydrogen-bond acceptors (Lipinski definition) is 4. The molecule has 0 spiro atoms. The van der Waals surface area contributed by atoms with Gasteiger partial charge < -0.3 is 10.1 Å². The SMILES string of the molecule is COc1c(C(=O)NCC(F)(F)F)cc(Cl)cc1S(N)(=O)=O. The lowest BCUT2D eigenvalue weighted by Gasteiger charge is -2.14. The number of carbonyl (C=O) groups is 1. The number of benzene rings is 1. The van der Waals surface area contributed by atoms with Gasteiger partial charge >= 0.3 is 6.18 Å². The Morgan fingerprint density at radius 1 is 1.43 bits per heavy atom. The van der Waals surface area contributed by atoms with Crippen LogP contribution >= 0.6 is 11.6 Å². The van der Waals surface area contributed by atoms with Crippen LogP contribution in [0.15, 0.2) is 17.0 Å². The average molecular weight is 347 g/mol. The van der Waals surface area contributed by atoms with E-state index in [4.69, 9.17) is 21.5 Å². The largest absolute Gasteiger partial charge is 0.494 e. The van der Waals surface area contributed by atoms with Crippen LogP contribution in [0.5, 0.6) is 5.75 Å². The van der Waals surface area contributed by atoms with Crippen LogP contribution in [-0.2, 0) is 10.0 Å². The molecule has 1 aromatic rings. The molecule has 0 aliphatic carbocycles. The van der Waals surface area contributed by atoms with E-state index in [0.717, 1.165) is 19.2 Å². The zero-order valence-corrected chi connectivity index (χ0v) is 12.1. The van der Waals surface area contributed by atoms with Crippen molar-refractivity contribution in [2.75, 3.05) is 13.7 Å². The topological polar surface area (TPSA) is 98.5 Å². The predicted octanol–water partition coefficient (Wildman–Crippen LogP) is 1.29. The molecular formula is C10H10ClF3N2O4S. The van der Waals surface area contributed by atoms with Crippen molar-refractivity contribution in [1.82, 2.24) is 5.32 Å². The number of methoxy groups -OCH3 is 1. The molecule has 0 aromatic heterocycles. The van der Waals surface area contributed by atoms with Gasteiger partial charge in [-0.3, -0.25) is 4.79 Å². The number of primary sulfonamides is 1. The van der Waals surface area contributed by atoms with Crippen LogP contribution in [-0.4, -0.2) is 34.2 Å². The molecule has 0 saturated heterocycles. The summed E-state index contributed by atoms with van der Waals surface area (Å²) in [6.07, 6.45) is -4.62. The van der Waals surface area contributed by atoms with Crippen molar-refractivity contribution >= 4 is 27.5 Å². The lowest BCUT2D eigenvalue weighted by molar-refractivity contribution is -0.123. The smallest absolute Gasteiger partial charge is 0.405 e. The Labute approximate surface area is 123 Å². The number of alkyl halides is 3. The van der Waals surface area contributed by atoms with Crippen LogP contribution in [0.1, 0.15) is 10.4 Å². The highest BCUT2D eigenvalue weighted by Crippen LogP contribution is 2.31. The quantitative estimate of drug-likeness (QED) is 0.858. The Bertz CT molecular complexity index is 661. The molecule has 0 aliphatic rings. The summed E-state index contributed by atoms with van der Waals surface area (Å²) in [5, 5.41) is 6.32. The maximum absolute atomic E-state index is 12.1. The fourth-order valence-corrected chi connectivity index (χ4v) is 2.46. The maximum atomic E-state index is 12.1. The number of amides is 1. The number of nitrogens with one attached hydrogen (secondary N) is 1. The summed E-state index contributed by atoms with van der Waals surface area (Å²) in [4.78, 5) is 11.1. The molecule has 0 fully saturated rings. The van der Waals surface area contributed by atoms with Gasteiger partial charge in [-0.2, -0.15) is 13.2 Å². The summed E-state index contributed by atoms with van der Waals surface area (Å²) in [6, 6.07) is 1.90. The molecule has 0 aliphatic heterocycles. The second kappa shape index (κ2) is 6.08. The van der Waals surface area contributed by atoms with Crippen molar-refractivity contribution < 1.29 is 31.1 Å². The molecule has 11 heteroatoms. The van der Waals surface area contributed by atoms with E-state index < -0.39 is 44.9 Å². The van der Waals surface area contributed by atoms with Crippen molar-refractivity contribution in [2.24, 2.45) is 5.14 Å². The molecule has 0 heterocycles. The number of carbonyl (C=O) groups excluding carboxylic acids is 1. The van der Waals surface area contributed by atoms with Gasteiger partial charge in [-0.15, -0.1) is 0 Å². The van der Waals surface area contributed by atoms with Crippen LogP contribution in [0, 0.1) is 0 Å². The van der Waals surface area contributed by atoms with Gasteiger partial charge in [0.15, 0.2) is 5.75 Å². The molecule has 0 saturated carbocycles. The fraction of sp³-hybridized carbons (Fsp3) is 0.300. The highest BCUT2D eigenvalue weighted by Gasteiger charge is 2.29. The third-order valence-corrected chi connectivity index (χ3v) is 3.36. The molecule has 21 heavy (non-hydrogen) atoms. The first-order chi connectivity index (χ1) is 9.45. The van der Waals surface area contributed by atoms with Gasteiger partial charge in [-0.25, -0.2) is 13.6 Å². The van der Waals surface area contributed by atoms with Gasteiger partial charge in [0.1, 0.15) is 11.4 Å². The molecule has 1 amide bonds. The number of nitrogens with two attached hydrogens (primary N) is 1. The molecule has 3 N–H and O–H groups in total. The Kier molecular flexibility index (Phi) is 5.07. The minimum absolute atomic E-state index is 0.197. The molecule has 118 valence electrons. The average Bonchev–Trinajstić information content (AvgIpc) is 2.32. The van der Waals surface area contributed by atoms with Crippen molar-refractivity contribution in [1.29, 1.82) is 0 Å². The van der Waals surface area contributed by atoms with Gasteiger partial charge in [0.2, 0.25) is 10.0 Å². The van der Waals surface area contributed by atoms with Gasteiger partial charge in [0.25, 0.3) is 5.91 Å². The summed E-state index contributed by atoms with van der Waals surface area (Å²) in [7, 11) is -3.24. The van der Waals surface area contributed by atoms with Crippen molar-refractivity contribution in [3.63, 3.8) is 0 Å². The van der Waals surface area contributed by atoms with E-state index in [-0.39, 0.29) is 5.02 Å². The van der Waals surface area contributed by atoms with Crippen LogP contribution in [0.25, 0.3) is 0 Å². The van der Waals surface area contributed by atoms with Crippen molar-refractivity contribution in [2.45, 2.75) is 11.1 Å². The number of rotatable bonds is 4. The molecule has 0 bridgehead atoms. The lowest BCUT2D eigenvalue weighted by atomic mass is 10.2. The Hall–Kier alpha value is -1.52. The predicted molar refractivity (Wildman–Crippen MR) is 67.8 cm³/mol. The molecule has 0 radical (unpaired) electrons. The van der Waals surface area contributed by atoms with Crippen LogP contribution < -0.4 is 15.2 Å². The number of ether oxygens (including phenoxy) is 1. The van der Waals surface area contributed by atoms with E-state index in [9.17, 15) is 26.4 Å². The highest BCUT2D eigenvalue weighted by atomic mass is 35.5. The summed E-state index contributed by atoms with van der Waals surface area (Å²) in [6.45, 7) is -1.59. The second-order valence-corrected chi connectivity index (χ2v) is 5.79. The first kappa shape index (κ1) is 17.5. The van der Waals surface area contributed by atoms with Crippen LogP contribution in [0.2, 0.25) is 5.02 Å². The monoisotopic (exact) mass is 346 g/mol. The molecule has 0 unspecified atom stereocenters. The summed E-state index contributed by atoms with van der Waals surface area (Å²) >= 11 is 5.64. The standard InChI is InChI=1S/C10H10ClF3N2O4S/c1-20-8-6(9(17)16-4-10(12,13)14)2-5(11)3-7(8)21(15,18)19/h2-3H,4H2,1H3,(H,16,17)(H2,15,18,19). The molecule has 0 atom stereocenters. The summed E-state index contributed by atoms with van der Waals surface area (Å²) < 4.78 is 63.7. The first-order valence-electron chi connectivity index (χ1n) is 5.21. The van der Waals surface area contributed by atoms with Crippen LogP contribution in [0.3, 0.4) is 0 Å². The third-order valence-electron chi connectivity index (χ3n) is 2.22.